The first kappa shape index (κ1) is 21.8. The molecule has 0 spiro atoms. The first-order valence-corrected chi connectivity index (χ1v) is 13.0. The van der Waals surface area contributed by atoms with Gasteiger partial charge in [0.25, 0.3) is 0 Å². The zero-order chi connectivity index (χ0) is 22.5. The smallest absolute Gasteiger partial charge is 0.246 e. The predicted octanol–water partition coefficient (Wildman–Crippen LogP) is 1.99. The van der Waals surface area contributed by atoms with Gasteiger partial charge in [0.2, 0.25) is 21.8 Å². The van der Waals surface area contributed by atoms with Crippen LogP contribution in [-0.4, -0.2) is 62.2 Å². The van der Waals surface area contributed by atoms with Gasteiger partial charge in [-0.2, -0.15) is 4.31 Å². The van der Waals surface area contributed by atoms with Crippen molar-refractivity contribution in [2.75, 3.05) is 32.7 Å². The van der Waals surface area contributed by atoms with Crippen molar-refractivity contribution in [2.24, 2.45) is 23.2 Å². The summed E-state index contributed by atoms with van der Waals surface area (Å²) >= 11 is 0. The molecule has 5 fully saturated rings. The lowest BCUT2D eigenvalue weighted by Gasteiger charge is -2.55. The van der Waals surface area contributed by atoms with Gasteiger partial charge in [0.05, 0.1) is 6.54 Å². The molecule has 4 bridgehead atoms. The minimum absolute atomic E-state index is 0.0192. The van der Waals surface area contributed by atoms with Crippen LogP contribution in [-0.2, 0) is 19.6 Å². The van der Waals surface area contributed by atoms with E-state index < -0.39 is 15.8 Å². The number of piperazine rings is 1. The van der Waals surface area contributed by atoms with Crippen molar-refractivity contribution in [3.63, 3.8) is 0 Å². The summed E-state index contributed by atoms with van der Waals surface area (Å²) in [4.78, 5) is 27.0. The molecule has 0 radical (unpaired) electrons. The van der Waals surface area contributed by atoms with Gasteiger partial charge in [-0.05, 0) is 68.4 Å². The highest BCUT2D eigenvalue weighted by Crippen LogP contribution is 2.60. The average molecular weight is 464 g/mol. The van der Waals surface area contributed by atoms with E-state index >= 15 is 0 Å². The molecule has 4 saturated carbocycles. The molecule has 0 aromatic heterocycles. The second-order valence-electron chi connectivity index (χ2n) is 10.1. The fourth-order valence-corrected chi connectivity index (χ4v) is 8.30. The molecule has 4 aliphatic carbocycles. The Morgan fingerprint density at radius 3 is 2.09 bits per heavy atom. The van der Waals surface area contributed by atoms with E-state index in [0.717, 1.165) is 25.3 Å². The Balaban J connectivity index is 1.15. The second kappa shape index (κ2) is 8.09. The van der Waals surface area contributed by atoms with E-state index in [2.05, 4.69) is 5.32 Å². The number of halogens is 1. The molecule has 1 heterocycles. The summed E-state index contributed by atoms with van der Waals surface area (Å²) in [5.74, 6) is 1.02. The van der Waals surface area contributed by atoms with Crippen molar-refractivity contribution in [2.45, 2.75) is 43.4 Å². The second-order valence-corrected chi connectivity index (χ2v) is 12.0. The first-order chi connectivity index (χ1) is 15.3. The third kappa shape index (κ3) is 3.83. The Hall–Kier alpha value is -2.00. The highest BCUT2D eigenvalue weighted by atomic mass is 32.2. The van der Waals surface area contributed by atoms with Gasteiger partial charge >= 0.3 is 0 Å². The van der Waals surface area contributed by atoms with Crippen LogP contribution in [0.1, 0.15) is 38.5 Å². The number of amides is 2. The first-order valence-electron chi connectivity index (χ1n) is 11.6. The van der Waals surface area contributed by atoms with Crippen LogP contribution in [0.2, 0.25) is 0 Å². The van der Waals surface area contributed by atoms with E-state index in [1.165, 1.54) is 41.8 Å². The third-order valence-corrected chi connectivity index (χ3v) is 9.90. The van der Waals surface area contributed by atoms with Crippen molar-refractivity contribution in [1.82, 2.24) is 14.5 Å². The summed E-state index contributed by atoms with van der Waals surface area (Å²) < 4.78 is 40.7. The van der Waals surface area contributed by atoms with E-state index in [9.17, 15) is 22.4 Å². The fraction of sp³-hybridized carbons (Fsp3) is 0.652. The maximum absolute atomic E-state index is 14.0. The Morgan fingerprint density at radius 1 is 0.969 bits per heavy atom. The summed E-state index contributed by atoms with van der Waals surface area (Å²) in [6.07, 6.45) is 6.62. The van der Waals surface area contributed by atoms with Crippen LogP contribution in [0.25, 0.3) is 0 Å². The summed E-state index contributed by atoms with van der Waals surface area (Å²) in [5, 5.41) is 2.90. The number of nitrogens with one attached hydrogen (secondary N) is 1. The summed E-state index contributed by atoms with van der Waals surface area (Å²) in [6.45, 7) is 0.594. The number of hydrogen-bond donors (Lipinski definition) is 1. The number of nitrogens with zero attached hydrogens (tertiary/aromatic N) is 2. The van der Waals surface area contributed by atoms with E-state index in [4.69, 9.17) is 0 Å². The number of rotatable bonds is 5. The normalized spacial score (nSPS) is 32.2. The van der Waals surface area contributed by atoms with Crippen LogP contribution in [0.15, 0.2) is 29.2 Å². The van der Waals surface area contributed by atoms with Gasteiger partial charge in [-0.1, -0.05) is 12.1 Å². The number of carbonyl (C=O) groups excluding carboxylic acids is 2. The molecule has 32 heavy (non-hydrogen) atoms. The SMILES string of the molecule is O=C(CNC(=O)C12CC3CC(CC(C3)C1)C2)N1CCN(S(=O)(=O)c2ccccc2F)CC1. The van der Waals surface area contributed by atoms with E-state index in [-0.39, 0.29) is 54.8 Å². The molecule has 1 aromatic rings. The van der Waals surface area contributed by atoms with E-state index in [1.54, 1.807) is 4.90 Å². The largest absolute Gasteiger partial charge is 0.347 e. The average Bonchev–Trinajstić information content (AvgIpc) is 2.76. The van der Waals surface area contributed by atoms with Gasteiger partial charge in [-0.25, -0.2) is 12.8 Å². The molecular weight excluding hydrogens is 433 g/mol. The molecule has 6 rings (SSSR count). The van der Waals surface area contributed by atoms with Crippen LogP contribution in [0, 0.1) is 29.0 Å². The fourth-order valence-electron chi connectivity index (χ4n) is 6.81. The van der Waals surface area contributed by atoms with Crippen molar-refractivity contribution >= 4 is 21.8 Å². The number of hydrogen-bond acceptors (Lipinski definition) is 4. The highest BCUT2D eigenvalue weighted by Gasteiger charge is 2.54. The number of sulfonamides is 1. The molecule has 0 atom stereocenters. The maximum Gasteiger partial charge on any atom is 0.246 e. The van der Waals surface area contributed by atoms with Crippen molar-refractivity contribution in [1.29, 1.82) is 0 Å². The van der Waals surface area contributed by atoms with Gasteiger partial charge < -0.3 is 10.2 Å². The molecule has 1 aliphatic heterocycles. The number of carbonyl (C=O) groups is 2. The zero-order valence-electron chi connectivity index (χ0n) is 18.1. The van der Waals surface area contributed by atoms with Crippen LogP contribution in [0.5, 0.6) is 0 Å². The molecule has 9 heteroatoms. The minimum atomic E-state index is -3.94. The maximum atomic E-state index is 14.0. The van der Waals surface area contributed by atoms with Crippen molar-refractivity contribution in [3.05, 3.63) is 30.1 Å². The Kier molecular flexibility index (Phi) is 5.52. The van der Waals surface area contributed by atoms with Gasteiger partial charge in [0.15, 0.2) is 0 Å². The van der Waals surface area contributed by atoms with Crippen LogP contribution < -0.4 is 5.32 Å². The molecule has 1 N–H and O–H groups in total. The number of benzene rings is 1. The van der Waals surface area contributed by atoms with E-state index in [0.29, 0.717) is 17.8 Å². The molecule has 2 amide bonds. The molecule has 5 aliphatic rings. The Bertz CT molecular complexity index is 985. The van der Waals surface area contributed by atoms with Crippen molar-refractivity contribution < 1.29 is 22.4 Å². The Morgan fingerprint density at radius 2 is 1.53 bits per heavy atom. The third-order valence-electron chi connectivity index (χ3n) is 7.97. The lowest BCUT2D eigenvalue weighted by atomic mass is 9.49. The standard InChI is InChI=1S/C23H30FN3O4S/c24-19-3-1-2-4-20(19)32(30,31)27-7-5-26(6-8-27)21(28)15-25-22(29)23-12-16-9-17(13-23)11-18(10-16)14-23/h1-4,16-18H,5-15H2,(H,25,29). The summed E-state index contributed by atoms with van der Waals surface area (Å²) in [7, 11) is -3.94. The monoisotopic (exact) mass is 463 g/mol. The minimum Gasteiger partial charge on any atom is -0.347 e. The lowest BCUT2D eigenvalue weighted by Crippen LogP contribution is -2.56. The topological polar surface area (TPSA) is 86.8 Å². The zero-order valence-corrected chi connectivity index (χ0v) is 18.9. The summed E-state index contributed by atoms with van der Waals surface area (Å²) in [6, 6.07) is 5.31. The van der Waals surface area contributed by atoms with Crippen LogP contribution in [0.3, 0.4) is 0 Å². The molecule has 1 aromatic carbocycles. The summed E-state index contributed by atoms with van der Waals surface area (Å²) in [5.41, 5.74) is -0.290. The van der Waals surface area contributed by atoms with Gasteiger partial charge in [0, 0.05) is 31.6 Å². The van der Waals surface area contributed by atoms with E-state index in [1.807, 2.05) is 0 Å². The molecular formula is C23H30FN3O4S. The Labute approximate surface area is 188 Å². The molecule has 1 saturated heterocycles. The van der Waals surface area contributed by atoms with Crippen LogP contribution >= 0.6 is 0 Å². The highest BCUT2D eigenvalue weighted by molar-refractivity contribution is 7.89. The molecule has 7 nitrogen and oxygen atoms in total. The predicted molar refractivity (Wildman–Crippen MR) is 115 cm³/mol. The quantitative estimate of drug-likeness (QED) is 0.724. The van der Waals surface area contributed by atoms with Crippen molar-refractivity contribution in [3.8, 4) is 0 Å². The van der Waals surface area contributed by atoms with Crippen LogP contribution in [0.4, 0.5) is 4.39 Å². The van der Waals surface area contributed by atoms with Gasteiger partial charge in [-0.3, -0.25) is 9.59 Å². The molecule has 0 unspecified atom stereocenters. The van der Waals surface area contributed by atoms with Gasteiger partial charge in [-0.15, -0.1) is 0 Å². The molecule has 174 valence electrons. The lowest BCUT2D eigenvalue weighted by molar-refractivity contribution is -0.148. The van der Waals surface area contributed by atoms with Gasteiger partial charge in [0.1, 0.15) is 10.7 Å².